The maximum atomic E-state index is 15.3. The summed E-state index contributed by atoms with van der Waals surface area (Å²) >= 11 is 0. The minimum atomic E-state index is -1.08. The number of benzene rings is 5. The van der Waals surface area contributed by atoms with Crippen molar-refractivity contribution in [3.05, 3.63) is 224 Å². The minimum Gasteiger partial charge on any atom is -0.490 e. The molecule has 3 aliphatic rings. The summed E-state index contributed by atoms with van der Waals surface area (Å²) in [6.07, 6.45) is 18.7. The van der Waals surface area contributed by atoms with Gasteiger partial charge in [-0.1, -0.05) is 154 Å². The summed E-state index contributed by atoms with van der Waals surface area (Å²) < 4.78 is 23.3. The van der Waals surface area contributed by atoms with Gasteiger partial charge in [-0.25, -0.2) is 0 Å². The Kier molecular flexibility index (Phi) is 14.2. The number of amides is 2. The molecule has 2 unspecified atom stereocenters. The number of fused-ring (bicyclic) bond motifs is 2. The fourth-order valence-corrected chi connectivity index (χ4v) is 10.0. The molecule has 8 nitrogen and oxygen atoms in total. The quantitative estimate of drug-likeness (QED) is 0.0480. The van der Waals surface area contributed by atoms with E-state index < -0.39 is 10.8 Å². The van der Waals surface area contributed by atoms with Crippen LogP contribution in [-0.4, -0.2) is 62.3 Å². The average Bonchev–Trinajstić information content (AvgIpc) is 3.77. The van der Waals surface area contributed by atoms with E-state index in [0.717, 1.165) is 70.7 Å². The Bertz CT molecular complexity index is 2460. The van der Waals surface area contributed by atoms with Crippen molar-refractivity contribution < 1.29 is 28.5 Å². The van der Waals surface area contributed by atoms with Crippen molar-refractivity contribution in [3.8, 4) is 23.0 Å². The summed E-state index contributed by atoms with van der Waals surface area (Å²) in [6, 6.07) is 39.5. The van der Waals surface area contributed by atoms with Crippen LogP contribution < -0.4 is 23.8 Å². The number of unbranched alkanes of at least 4 members (excludes halogenated alkanes) is 3. The lowest BCUT2D eigenvalue weighted by atomic mass is 9.65. The first kappa shape index (κ1) is 45.3. The van der Waals surface area contributed by atoms with Crippen molar-refractivity contribution in [2.24, 2.45) is 5.92 Å². The zero-order chi connectivity index (χ0) is 45.9. The van der Waals surface area contributed by atoms with E-state index in [1.54, 1.807) is 24.3 Å². The SMILES string of the molecule is C=CCOc1ccc(C2(c3ccc(OCC=C)cc3)C(=O)N(CCCCCCN3C(=O)C(c4ccc(OCC=C)cc4)(c4ccc(OCC=C)cc4)C4C=CC=CC43)c3ccccc32)cc1. The zero-order valence-electron chi connectivity index (χ0n) is 37.6. The Hall–Kier alpha value is -7.32. The number of nitrogens with zero attached hydrogens (tertiary/aromatic N) is 2. The highest BCUT2D eigenvalue weighted by Gasteiger charge is 2.59. The summed E-state index contributed by atoms with van der Waals surface area (Å²) in [5, 5.41) is 0. The molecular weight excluding hydrogens is 821 g/mol. The van der Waals surface area contributed by atoms with Crippen LogP contribution in [0.4, 0.5) is 5.69 Å². The van der Waals surface area contributed by atoms with Crippen LogP contribution in [-0.2, 0) is 20.4 Å². The van der Waals surface area contributed by atoms with E-state index in [1.165, 1.54) is 0 Å². The van der Waals surface area contributed by atoms with Crippen LogP contribution in [0.3, 0.4) is 0 Å². The number of anilines is 1. The van der Waals surface area contributed by atoms with Gasteiger partial charge in [0.15, 0.2) is 0 Å². The number of likely N-dealkylation sites (tertiary alicyclic amines) is 1. The molecule has 2 heterocycles. The Morgan fingerprint density at radius 2 is 0.909 bits per heavy atom. The van der Waals surface area contributed by atoms with E-state index in [4.69, 9.17) is 18.9 Å². The van der Waals surface area contributed by atoms with Crippen LogP contribution in [0.1, 0.15) is 53.5 Å². The fourth-order valence-electron chi connectivity index (χ4n) is 10.0. The van der Waals surface area contributed by atoms with Gasteiger partial charge in [0.25, 0.3) is 0 Å². The third kappa shape index (κ3) is 8.51. The van der Waals surface area contributed by atoms with Crippen molar-refractivity contribution in [3.63, 3.8) is 0 Å². The first-order valence-electron chi connectivity index (χ1n) is 22.9. The summed E-state index contributed by atoms with van der Waals surface area (Å²) in [5.41, 5.74) is 3.35. The van der Waals surface area contributed by atoms with E-state index in [2.05, 4.69) is 67.7 Å². The largest absolute Gasteiger partial charge is 0.490 e. The lowest BCUT2D eigenvalue weighted by Gasteiger charge is -2.34. The zero-order valence-corrected chi connectivity index (χ0v) is 37.6. The normalized spacial score (nSPS) is 17.5. The van der Waals surface area contributed by atoms with Crippen LogP contribution in [0.15, 0.2) is 196 Å². The van der Waals surface area contributed by atoms with Crippen LogP contribution >= 0.6 is 0 Å². The van der Waals surface area contributed by atoms with Crippen molar-refractivity contribution in [1.82, 2.24) is 4.90 Å². The number of para-hydroxylation sites is 1. The molecule has 2 atom stereocenters. The summed E-state index contributed by atoms with van der Waals surface area (Å²) in [6.45, 7) is 17.8. The van der Waals surface area contributed by atoms with Gasteiger partial charge in [-0.2, -0.15) is 0 Å². The van der Waals surface area contributed by atoms with Gasteiger partial charge in [-0.3, -0.25) is 9.59 Å². The molecule has 66 heavy (non-hydrogen) atoms. The number of carbonyl (C=O) groups excluding carboxylic acids is 2. The van der Waals surface area contributed by atoms with E-state index in [9.17, 15) is 0 Å². The molecule has 8 heteroatoms. The minimum absolute atomic E-state index is 0.00556. The molecule has 0 N–H and O–H groups in total. The van der Waals surface area contributed by atoms with Gasteiger partial charge in [-0.05, 0) is 89.7 Å². The monoisotopic (exact) mass is 878 g/mol. The first-order valence-corrected chi connectivity index (χ1v) is 22.9. The van der Waals surface area contributed by atoms with Gasteiger partial charge in [0, 0.05) is 30.3 Å². The molecule has 0 aromatic heterocycles. The highest BCUT2D eigenvalue weighted by molar-refractivity contribution is 6.13. The van der Waals surface area contributed by atoms with E-state index in [1.807, 2.05) is 114 Å². The molecule has 5 aromatic carbocycles. The number of ether oxygens (including phenoxy) is 4. The maximum absolute atomic E-state index is 15.3. The van der Waals surface area contributed by atoms with Gasteiger partial charge in [-0.15, -0.1) is 0 Å². The smallest absolute Gasteiger partial charge is 0.246 e. The second-order valence-corrected chi connectivity index (χ2v) is 16.7. The predicted molar refractivity (Wildman–Crippen MR) is 264 cm³/mol. The number of hydrogen-bond acceptors (Lipinski definition) is 6. The van der Waals surface area contributed by atoms with Gasteiger partial charge < -0.3 is 28.7 Å². The second-order valence-electron chi connectivity index (χ2n) is 16.7. The molecule has 0 bridgehead atoms. The molecule has 336 valence electrons. The topological polar surface area (TPSA) is 77.5 Å². The lowest BCUT2D eigenvalue weighted by molar-refractivity contribution is -0.132. The standard InChI is InChI=1S/C58H58N2O6/c1-5-39-63-47-29-21-43(22-30-47)57(44-23-31-48(32-24-44)64-40-6-2)51-17-11-13-19-53(51)59(55(57)61)37-15-9-10-16-38-60-54-20-14-12-18-52(54)58(56(60)62,45-25-33-49(34-26-45)65-41-7-3)46-27-35-50(36-28-46)66-42-8-4/h5-8,11-14,17-36,51,53H,1-4,9-10,15-16,37-42H2. The van der Waals surface area contributed by atoms with Crippen molar-refractivity contribution in [2.45, 2.75) is 42.6 Å². The summed E-state index contributed by atoms with van der Waals surface area (Å²) in [7, 11) is 0. The van der Waals surface area contributed by atoms with Crippen LogP contribution in [0.2, 0.25) is 0 Å². The Morgan fingerprint density at radius 1 is 0.485 bits per heavy atom. The molecule has 1 aliphatic carbocycles. The molecule has 2 aliphatic heterocycles. The first-order chi connectivity index (χ1) is 32.4. The summed E-state index contributed by atoms with van der Waals surface area (Å²) in [4.78, 5) is 34.6. The number of carbonyl (C=O) groups is 2. The molecule has 8 rings (SSSR count). The molecule has 1 fully saturated rings. The number of hydrogen-bond donors (Lipinski definition) is 0. The predicted octanol–water partition coefficient (Wildman–Crippen LogP) is 11.1. The Morgan fingerprint density at radius 3 is 1.38 bits per heavy atom. The van der Waals surface area contributed by atoms with Crippen LogP contribution in [0, 0.1) is 5.92 Å². The van der Waals surface area contributed by atoms with Crippen molar-refractivity contribution in [2.75, 3.05) is 44.4 Å². The Labute approximate surface area is 389 Å². The molecular formula is C58H58N2O6. The number of rotatable bonds is 23. The molecule has 0 saturated carbocycles. The molecule has 2 amide bonds. The third-order valence-corrected chi connectivity index (χ3v) is 12.9. The van der Waals surface area contributed by atoms with Crippen LogP contribution in [0.5, 0.6) is 23.0 Å². The van der Waals surface area contributed by atoms with Crippen molar-refractivity contribution in [1.29, 1.82) is 0 Å². The Balaban J connectivity index is 1.00. The summed E-state index contributed by atoms with van der Waals surface area (Å²) in [5.74, 6) is 2.79. The van der Waals surface area contributed by atoms with Gasteiger partial charge in [0.1, 0.15) is 60.3 Å². The van der Waals surface area contributed by atoms with E-state index >= 15 is 9.59 Å². The van der Waals surface area contributed by atoms with E-state index in [-0.39, 0.29) is 23.8 Å². The molecule has 0 spiro atoms. The maximum Gasteiger partial charge on any atom is 0.246 e. The fraction of sp³-hybridized carbons (Fsp3) is 0.241. The molecule has 0 radical (unpaired) electrons. The van der Waals surface area contributed by atoms with Gasteiger partial charge >= 0.3 is 0 Å². The third-order valence-electron chi connectivity index (χ3n) is 12.9. The molecule has 5 aromatic rings. The second kappa shape index (κ2) is 20.7. The number of allylic oxidation sites excluding steroid dienone is 2. The van der Waals surface area contributed by atoms with Gasteiger partial charge in [0.2, 0.25) is 11.8 Å². The highest BCUT2D eigenvalue weighted by atomic mass is 16.5. The average molecular weight is 879 g/mol. The lowest BCUT2D eigenvalue weighted by Crippen LogP contribution is -2.42. The highest BCUT2D eigenvalue weighted by Crippen LogP contribution is 2.53. The van der Waals surface area contributed by atoms with E-state index in [0.29, 0.717) is 51.0 Å². The van der Waals surface area contributed by atoms with Gasteiger partial charge in [0.05, 0.1) is 6.04 Å². The molecule has 1 saturated heterocycles. The van der Waals surface area contributed by atoms with Crippen molar-refractivity contribution >= 4 is 17.5 Å². The van der Waals surface area contributed by atoms with Crippen LogP contribution in [0.25, 0.3) is 0 Å².